The number of Topliss-reactive ketones (excluding diaryl/α,β-unsaturated/α-hetero) is 1. The number of amides is 1. The number of aliphatic hydroxyl groups is 1. The van der Waals surface area contributed by atoms with Gasteiger partial charge in [0.15, 0.2) is 0 Å². The van der Waals surface area contributed by atoms with Crippen LogP contribution in [0.4, 0.5) is 11.4 Å². The Morgan fingerprint density at radius 1 is 1.18 bits per heavy atom. The quantitative estimate of drug-likeness (QED) is 0.449. The molecule has 1 heterocycles. The van der Waals surface area contributed by atoms with Crippen molar-refractivity contribution in [2.45, 2.75) is 69.6 Å². The maximum Gasteiger partial charge on any atom is 0.255 e. The van der Waals surface area contributed by atoms with E-state index in [1.165, 1.54) is 0 Å². The van der Waals surface area contributed by atoms with E-state index < -0.39 is 0 Å². The highest BCUT2D eigenvalue weighted by Crippen LogP contribution is 2.45. The average Bonchev–Trinajstić information content (AvgIpc) is 3.46. The predicted octanol–water partition coefficient (Wildman–Crippen LogP) is 5.94. The molecule has 5 nitrogen and oxygen atoms in total. The molecule has 2 aromatic rings. The Labute approximate surface area is 200 Å². The molecule has 0 bridgehead atoms. The molecule has 1 aliphatic carbocycles. The molecule has 1 amide bonds. The van der Waals surface area contributed by atoms with Gasteiger partial charge in [-0.15, -0.1) is 0 Å². The maximum atomic E-state index is 12.9. The van der Waals surface area contributed by atoms with Crippen molar-refractivity contribution in [3.05, 3.63) is 53.1 Å². The zero-order valence-electron chi connectivity index (χ0n) is 19.7. The first-order chi connectivity index (χ1) is 15.8. The van der Waals surface area contributed by atoms with Crippen molar-refractivity contribution in [2.24, 2.45) is 11.3 Å². The van der Waals surface area contributed by atoms with Crippen molar-refractivity contribution in [3.63, 3.8) is 0 Å². The summed E-state index contributed by atoms with van der Waals surface area (Å²) in [5.74, 6) is 0.0334. The molecule has 6 heteroatoms. The molecule has 1 fully saturated rings. The number of thioether (sulfide) groups is 1. The SMILES string of the molecule is Cc1cccc(C)c1NC(=O)c1ccc2c(c1)SC(CCC(=O)C(C)C1(CO)CCCC1)N2. The van der Waals surface area contributed by atoms with Crippen molar-refractivity contribution >= 4 is 34.8 Å². The number of aryl methyl sites for hydroxylation is 2. The third-order valence-corrected chi connectivity index (χ3v) is 8.75. The van der Waals surface area contributed by atoms with Crippen molar-refractivity contribution in [1.82, 2.24) is 0 Å². The molecule has 3 N–H and O–H groups in total. The van der Waals surface area contributed by atoms with Crippen LogP contribution in [-0.4, -0.2) is 28.8 Å². The Bertz CT molecular complexity index is 1030. The average molecular weight is 467 g/mol. The molecule has 2 aromatic carbocycles. The van der Waals surface area contributed by atoms with Gasteiger partial charge in [0, 0.05) is 46.2 Å². The van der Waals surface area contributed by atoms with Crippen LogP contribution in [0.25, 0.3) is 0 Å². The minimum atomic E-state index is -0.214. The van der Waals surface area contributed by atoms with Gasteiger partial charge in [0.2, 0.25) is 0 Å². The number of hydrogen-bond acceptors (Lipinski definition) is 5. The van der Waals surface area contributed by atoms with E-state index in [9.17, 15) is 14.7 Å². The van der Waals surface area contributed by atoms with Crippen LogP contribution in [0, 0.1) is 25.2 Å². The van der Waals surface area contributed by atoms with Crippen molar-refractivity contribution in [1.29, 1.82) is 0 Å². The number of carbonyl (C=O) groups excluding carboxylic acids is 2. The monoisotopic (exact) mass is 466 g/mol. The summed E-state index contributed by atoms with van der Waals surface area (Å²) in [5, 5.41) is 16.6. The van der Waals surface area contributed by atoms with Crippen LogP contribution < -0.4 is 10.6 Å². The number of aliphatic hydroxyl groups excluding tert-OH is 1. The second kappa shape index (κ2) is 9.90. The molecule has 2 unspecified atom stereocenters. The standard InChI is InChI=1S/C27H34N2O3S/c1-17-7-6-8-18(2)25(17)29-26(32)20-9-10-21-23(15-20)33-24(28-21)12-11-22(31)19(3)27(16-30)13-4-5-14-27/h6-10,15,19,24,28,30H,4-5,11-14,16H2,1-3H3,(H,29,32). The molecule has 1 saturated carbocycles. The number of fused-ring (bicyclic) bond motifs is 1. The minimum absolute atomic E-state index is 0.0982. The molecule has 0 aromatic heterocycles. The molecular weight excluding hydrogens is 432 g/mol. The topological polar surface area (TPSA) is 78.4 Å². The fraction of sp³-hybridized carbons (Fsp3) is 0.481. The Kier molecular flexibility index (Phi) is 7.15. The van der Waals surface area contributed by atoms with E-state index in [2.05, 4.69) is 10.6 Å². The van der Waals surface area contributed by atoms with Crippen LogP contribution in [0.15, 0.2) is 41.3 Å². The summed E-state index contributed by atoms with van der Waals surface area (Å²) >= 11 is 1.68. The molecule has 4 rings (SSSR count). The van der Waals surface area contributed by atoms with Crippen molar-refractivity contribution in [3.8, 4) is 0 Å². The van der Waals surface area contributed by atoms with E-state index in [0.717, 1.165) is 59.5 Å². The third kappa shape index (κ3) is 4.97. The number of carbonyl (C=O) groups is 2. The highest BCUT2D eigenvalue weighted by molar-refractivity contribution is 8.00. The maximum absolute atomic E-state index is 12.9. The lowest BCUT2D eigenvalue weighted by Crippen LogP contribution is -2.35. The van der Waals surface area contributed by atoms with Gasteiger partial charge in [-0.1, -0.05) is 49.7 Å². The first kappa shape index (κ1) is 23.8. The van der Waals surface area contributed by atoms with Crippen LogP contribution >= 0.6 is 11.8 Å². The molecule has 1 aliphatic heterocycles. The van der Waals surface area contributed by atoms with Crippen LogP contribution in [-0.2, 0) is 4.79 Å². The van der Waals surface area contributed by atoms with Gasteiger partial charge in [0.25, 0.3) is 5.91 Å². The van der Waals surface area contributed by atoms with Crippen LogP contribution in [0.1, 0.15) is 66.9 Å². The molecule has 0 spiro atoms. The number of rotatable bonds is 8. The predicted molar refractivity (Wildman–Crippen MR) is 135 cm³/mol. The first-order valence-corrected chi connectivity index (χ1v) is 12.8. The summed E-state index contributed by atoms with van der Waals surface area (Å²) in [6.07, 6.45) is 5.34. The summed E-state index contributed by atoms with van der Waals surface area (Å²) in [6, 6.07) is 11.7. The van der Waals surface area contributed by atoms with Gasteiger partial charge in [-0.3, -0.25) is 9.59 Å². The number of nitrogens with one attached hydrogen (secondary N) is 2. The van der Waals surface area contributed by atoms with Gasteiger partial charge in [-0.05, 0) is 62.4 Å². The summed E-state index contributed by atoms with van der Waals surface area (Å²) in [7, 11) is 0. The van der Waals surface area contributed by atoms with Crippen molar-refractivity contribution in [2.75, 3.05) is 17.2 Å². The van der Waals surface area contributed by atoms with Crippen LogP contribution in [0.2, 0.25) is 0 Å². The number of hydrogen-bond donors (Lipinski definition) is 3. The molecule has 0 saturated heterocycles. The number of anilines is 2. The fourth-order valence-electron chi connectivity index (χ4n) is 5.20. The van der Waals surface area contributed by atoms with E-state index in [1.807, 2.05) is 57.2 Å². The van der Waals surface area contributed by atoms with Gasteiger partial charge < -0.3 is 15.7 Å². The third-order valence-electron chi connectivity index (χ3n) is 7.52. The van der Waals surface area contributed by atoms with Gasteiger partial charge in [0.05, 0.1) is 5.37 Å². The van der Waals surface area contributed by atoms with Gasteiger partial charge in [0.1, 0.15) is 5.78 Å². The smallest absolute Gasteiger partial charge is 0.255 e. The zero-order valence-corrected chi connectivity index (χ0v) is 20.6. The van der Waals surface area contributed by atoms with Crippen molar-refractivity contribution < 1.29 is 14.7 Å². The van der Waals surface area contributed by atoms with Gasteiger partial charge in [-0.2, -0.15) is 0 Å². The van der Waals surface area contributed by atoms with E-state index in [0.29, 0.717) is 12.0 Å². The first-order valence-electron chi connectivity index (χ1n) is 11.9. The molecule has 2 aliphatic rings. The molecular formula is C27H34N2O3S. The Morgan fingerprint density at radius 3 is 2.55 bits per heavy atom. The van der Waals surface area contributed by atoms with Crippen LogP contribution in [0.5, 0.6) is 0 Å². The van der Waals surface area contributed by atoms with E-state index in [4.69, 9.17) is 0 Å². The minimum Gasteiger partial charge on any atom is -0.396 e. The lowest BCUT2D eigenvalue weighted by Gasteiger charge is -2.32. The number of benzene rings is 2. The molecule has 33 heavy (non-hydrogen) atoms. The Hall–Kier alpha value is -2.31. The summed E-state index contributed by atoms with van der Waals surface area (Å²) in [5.41, 5.74) is 4.37. The summed E-state index contributed by atoms with van der Waals surface area (Å²) < 4.78 is 0. The Morgan fingerprint density at radius 2 is 1.88 bits per heavy atom. The Balaban J connectivity index is 1.35. The number of para-hydroxylation sites is 1. The van der Waals surface area contributed by atoms with E-state index >= 15 is 0 Å². The molecule has 2 atom stereocenters. The fourth-order valence-corrected chi connectivity index (χ4v) is 6.38. The van der Waals surface area contributed by atoms with Gasteiger partial charge >= 0.3 is 0 Å². The largest absolute Gasteiger partial charge is 0.396 e. The lowest BCUT2D eigenvalue weighted by atomic mass is 9.72. The molecule has 176 valence electrons. The van der Waals surface area contributed by atoms with E-state index in [1.54, 1.807) is 11.8 Å². The highest BCUT2D eigenvalue weighted by Gasteiger charge is 2.41. The second-order valence-corrected chi connectivity index (χ2v) is 10.9. The highest BCUT2D eigenvalue weighted by atomic mass is 32.2. The normalized spacial score (nSPS) is 19.6. The summed E-state index contributed by atoms with van der Waals surface area (Å²) in [4.78, 5) is 26.8. The number of ketones is 1. The van der Waals surface area contributed by atoms with Crippen LogP contribution in [0.3, 0.4) is 0 Å². The van der Waals surface area contributed by atoms with Gasteiger partial charge in [-0.25, -0.2) is 0 Å². The summed E-state index contributed by atoms with van der Waals surface area (Å²) in [6.45, 7) is 6.09. The lowest BCUT2D eigenvalue weighted by molar-refractivity contribution is -0.127. The molecule has 0 radical (unpaired) electrons. The second-order valence-electron chi connectivity index (χ2n) is 9.64. The van der Waals surface area contributed by atoms with E-state index in [-0.39, 0.29) is 35.0 Å². The zero-order chi connectivity index (χ0) is 23.6.